The van der Waals surface area contributed by atoms with Crippen molar-refractivity contribution in [1.82, 2.24) is 40.6 Å². The molecule has 6 atom stereocenters. The number of hydrogen-bond donors (Lipinski definition) is 4. The Morgan fingerprint density at radius 1 is 1.05 bits per heavy atom. The van der Waals surface area contributed by atoms with E-state index in [-0.39, 0.29) is 17.6 Å². The smallest absolute Gasteiger partial charge is 0.254 e. The maximum Gasteiger partial charge on any atom is 0.254 e. The van der Waals surface area contributed by atoms with E-state index in [1.165, 1.54) is 6.33 Å². The maximum atomic E-state index is 13.8. The van der Waals surface area contributed by atoms with E-state index < -0.39 is 0 Å². The van der Waals surface area contributed by atoms with Gasteiger partial charge in [-0.25, -0.2) is 20.0 Å². The monoisotopic (exact) mass is 577 g/mol. The lowest BCUT2D eigenvalue weighted by Crippen LogP contribution is -2.54. The molecular formula is C30H40ClN9O. The molecule has 3 fully saturated rings. The van der Waals surface area contributed by atoms with Crippen LogP contribution in [0.5, 0.6) is 0 Å². The van der Waals surface area contributed by atoms with E-state index in [4.69, 9.17) is 16.6 Å². The first-order chi connectivity index (χ1) is 20.0. The molecule has 2 aromatic heterocycles. The van der Waals surface area contributed by atoms with Crippen molar-refractivity contribution < 1.29 is 0 Å². The molecule has 11 heteroatoms. The normalized spacial score (nSPS) is 29.2. The van der Waals surface area contributed by atoms with Crippen LogP contribution in [-0.4, -0.2) is 69.3 Å². The highest BCUT2D eigenvalue weighted by Gasteiger charge is 2.41. The number of likely N-dealkylation sites (N-methyl/N-ethyl adjacent to an activating group) is 1. The highest BCUT2D eigenvalue weighted by Crippen LogP contribution is 2.34. The molecule has 4 unspecified atom stereocenters. The van der Waals surface area contributed by atoms with Gasteiger partial charge in [0.2, 0.25) is 0 Å². The largest absolute Gasteiger partial charge is 0.340 e. The van der Waals surface area contributed by atoms with Gasteiger partial charge in [-0.2, -0.15) is 0 Å². The number of nitrogens with one attached hydrogen (secondary N) is 4. The summed E-state index contributed by atoms with van der Waals surface area (Å²) in [4.78, 5) is 26.9. The van der Waals surface area contributed by atoms with Crippen LogP contribution in [0.1, 0.15) is 45.1 Å². The molecule has 0 amide bonds. The Morgan fingerprint density at radius 3 is 2.78 bits per heavy atom. The Hall–Kier alpha value is -2.89. The fourth-order valence-corrected chi connectivity index (χ4v) is 7.14. The van der Waals surface area contributed by atoms with Gasteiger partial charge in [-0.15, -0.1) is 0 Å². The summed E-state index contributed by atoms with van der Waals surface area (Å²) in [5.74, 6) is 1.77. The standard InChI is InChI=1S/C30H40ClN9O/c1-19-4-3-5-27(25-12-20(8-11-33-25)30-26(34-15-19)16-37-39(30)2)40-18-36-24(14-29(40)41)22-13-21(31)6-7-23(22)38-28-9-10-32-17-35-28/h6-7,9-10,13-14,17-20,25-27,30,33-34,37H,3-5,8,11-12,15-16H2,1-2H3,(H,32,35,38)/t19-,20?,25?,26?,27+,30?/m1/s1. The van der Waals surface area contributed by atoms with Crippen LogP contribution in [-0.2, 0) is 0 Å². The number of hydrazine groups is 1. The first kappa shape index (κ1) is 28.2. The molecule has 5 heterocycles. The molecule has 3 aliphatic heterocycles. The minimum Gasteiger partial charge on any atom is -0.340 e. The van der Waals surface area contributed by atoms with E-state index in [0.717, 1.165) is 63.0 Å². The van der Waals surface area contributed by atoms with Crippen molar-refractivity contribution in [3.63, 3.8) is 0 Å². The summed E-state index contributed by atoms with van der Waals surface area (Å²) in [5, 5.41) is 13.9. The Labute approximate surface area is 246 Å². The Bertz CT molecular complexity index is 1390. The van der Waals surface area contributed by atoms with Gasteiger partial charge in [0, 0.05) is 60.3 Å². The molecule has 3 aliphatic rings. The van der Waals surface area contributed by atoms with Gasteiger partial charge in [-0.1, -0.05) is 24.9 Å². The average Bonchev–Trinajstić information content (AvgIpc) is 3.35. The van der Waals surface area contributed by atoms with Crippen molar-refractivity contribution in [2.75, 3.05) is 32.0 Å². The van der Waals surface area contributed by atoms with Crippen LogP contribution in [0.3, 0.4) is 0 Å². The average molecular weight is 578 g/mol. The minimum atomic E-state index is -0.0452. The summed E-state index contributed by atoms with van der Waals surface area (Å²) in [7, 11) is 2.17. The summed E-state index contributed by atoms with van der Waals surface area (Å²) in [6, 6.07) is 10.1. The molecule has 0 saturated carbocycles. The Morgan fingerprint density at radius 2 is 1.95 bits per heavy atom. The number of aromatic nitrogens is 4. The second kappa shape index (κ2) is 12.5. The molecule has 3 aromatic rings. The van der Waals surface area contributed by atoms with E-state index in [1.54, 1.807) is 24.7 Å². The van der Waals surface area contributed by atoms with Crippen molar-refractivity contribution in [2.45, 2.75) is 63.2 Å². The molecule has 3 saturated heterocycles. The van der Waals surface area contributed by atoms with Gasteiger partial charge in [-0.05, 0) is 74.9 Å². The first-order valence-electron chi connectivity index (χ1n) is 14.8. The third-order valence-electron chi connectivity index (χ3n) is 9.07. The van der Waals surface area contributed by atoms with Crippen LogP contribution in [0.2, 0.25) is 5.02 Å². The lowest BCUT2D eigenvalue weighted by atomic mass is 9.80. The van der Waals surface area contributed by atoms with Crippen LogP contribution < -0.4 is 26.9 Å². The number of nitrogens with zero attached hydrogens (tertiary/aromatic N) is 5. The van der Waals surface area contributed by atoms with Crippen LogP contribution in [0.4, 0.5) is 11.5 Å². The van der Waals surface area contributed by atoms with E-state index >= 15 is 0 Å². The zero-order valence-electron chi connectivity index (χ0n) is 23.8. The highest BCUT2D eigenvalue weighted by molar-refractivity contribution is 6.31. The van der Waals surface area contributed by atoms with Crippen molar-refractivity contribution in [3.8, 4) is 11.3 Å². The fraction of sp³-hybridized carbons (Fsp3) is 0.533. The van der Waals surface area contributed by atoms with Gasteiger partial charge < -0.3 is 16.0 Å². The summed E-state index contributed by atoms with van der Waals surface area (Å²) < 4.78 is 1.87. The SMILES string of the molecule is C[C@@H]1CCC[C@H](n2cnc(-c3cc(Cl)ccc3Nc3ccncn3)cc2=O)C2CC(CCN2)C2C(CNN2C)NC1. The summed E-state index contributed by atoms with van der Waals surface area (Å²) in [5.41, 5.74) is 5.62. The number of halogens is 1. The number of rotatable bonds is 4. The van der Waals surface area contributed by atoms with Gasteiger partial charge in [0.15, 0.2) is 0 Å². The van der Waals surface area contributed by atoms with E-state index in [9.17, 15) is 4.79 Å². The zero-order valence-corrected chi connectivity index (χ0v) is 24.5. The van der Waals surface area contributed by atoms with Gasteiger partial charge in [0.1, 0.15) is 12.1 Å². The maximum absolute atomic E-state index is 13.8. The number of fused-ring (bicyclic) bond motifs is 4. The van der Waals surface area contributed by atoms with Gasteiger partial charge in [0.25, 0.3) is 5.56 Å². The van der Waals surface area contributed by atoms with E-state index in [1.807, 2.05) is 22.8 Å². The number of piperidine rings is 1. The zero-order chi connectivity index (χ0) is 28.3. The minimum absolute atomic E-state index is 0.0440. The first-order valence-corrected chi connectivity index (χ1v) is 15.2. The van der Waals surface area contributed by atoms with Gasteiger partial charge in [-0.3, -0.25) is 14.8 Å². The highest BCUT2D eigenvalue weighted by atomic mass is 35.5. The topological polar surface area (TPSA) is 112 Å². The second-order valence-corrected chi connectivity index (χ2v) is 12.3. The third-order valence-corrected chi connectivity index (χ3v) is 9.30. The van der Waals surface area contributed by atoms with Gasteiger partial charge in [0.05, 0.1) is 18.1 Å². The van der Waals surface area contributed by atoms with Crippen molar-refractivity contribution in [1.29, 1.82) is 0 Å². The van der Waals surface area contributed by atoms with Crippen molar-refractivity contribution in [2.24, 2.45) is 11.8 Å². The molecule has 218 valence electrons. The van der Waals surface area contributed by atoms with Crippen LogP contribution >= 0.6 is 11.6 Å². The number of anilines is 2. The molecule has 2 bridgehead atoms. The predicted molar refractivity (Wildman–Crippen MR) is 162 cm³/mol. The molecule has 10 nitrogen and oxygen atoms in total. The van der Waals surface area contributed by atoms with E-state index in [0.29, 0.717) is 40.5 Å². The van der Waals surface area contributed by atoms with Crippen molar-refractivity contribution >= 4 is 23.1 Å². The Balaban J connectivity index is 1.30. The van der Waals surface area contributed by atoms with E-state index in [2.05, 4.69) is 50.3 Å². The molecule has 1 aromatic carbocycles. The number of hydrogen-bond acceptors (Lipinski definition) is 9. The summed E-state index contributed by atoms with van der Waals surface area (Å²) in [6.07, 6.45) is 10.2. The fourth-order valence-electron chi connectivity index (χ4n) is 6.97. The van der Waals surface area contributed by atoms with Gasteiger partial charge >= 0.3 is 0 Å². The molecule has 4 N–H and O–H groups in total. The predicted octanol–water partition coefficient (Wildman–Crippen LogP) is 3.60. The quantitative estimate of drug-likeness (QED) is 0.369. The lowest BCUT2D eigenvalue weighted by Gasteiger charge is -2.42. The molecule has 0 aliphatic carbocycles. The van der Waals surface area contributed by atoms with Crippen LogP contribution in [0, 0.1) is 11.8 Å². The molecular weight excluding hydrogens is 538 g/mol. The molecule has 0 radical (unpaired) electrons. The molecule has 0 spiro atoms. The second-order valence-electron chi connectivity index (χ2n) is 11.9. The lowest BCUT2D eigenvalue weighted by molar-refractivity contribution is 0.108. The molecule has 41 heavy (non-hydrogen) atoms. The summed E-state index contributed by atoms with van der Waals surface area (Å²) in [6.45, 7) is 5.28. The Kier molecular flexibility index (Phi) is 8.64. The van der Waals surface area contributed by atoms with Crippen LogP contribution in [0.25, 0.3) is 11.3 Å². The van der Waals surface area contributed by atoms with Crippen molar-refractivity contribution in [3.05, 3.63) is 64.6 Å². The number of benzene rings is 1. The molecule has 6 rings (SSSR count). The summed E-state index contributed by atoms with van der Waals surface area (Å²) >= 11 is 6.38. The van der Waals surface area contributed by atoms with Crippen LogP contribution in [0.15, 0.2) is 54.0 Å². The third kappa shape index (κ3) is 6.32.